The van der Waals surface area contributed by atoms with Crippen molar-refractivity contribution >= 4 is 5.69 Å². The van der Waals surface area contributed by atoms with Gasteiger partial charge in [0.2, 0.25) is 0 Å². The van der Waals surface area contributed by atoms with Crippen LogP contribution in [0, 0.1) is 0 Å². The molecular formula is C18H22N2. The third-order valence-corrected chi connectivity index (χ3v) is 4.12. The molecule has 2 aromatic rings. The van der Waals surface area contributed by atoms with Gasteiger partial charge in [-0.3, -0.25) is 0 Å². The Kier molecular flexibility index (Phi) is 3.75. The van der Waals surface area contributed by atoms with E-state index in [9.17, 15) is 0 Å². The number of para-hydroxylation sites is 1. The smallest absolute Gasteiger partial charge is 0.0690 e. The lowest BCUT2D eigenvalue weighted by molar-refractivity contribution is 0.510. The summed E-state index contributed by atoms with van der Waals surface area (Å²) in [7, 11) is 0. The molecule has 0 radical (unpaired) electrons. The van der Waals surface area contributed by atoms with E-state index in [4.69, 9.17) is 5.73 Å². The summed E-state index contributed by atoms with van der Waals surface area (Å²) in [6, 6.07) is 19.7. The number of hydrogen-bond donors (Lipinski definition) is 1. The van der Waals surface area contributed by atoms with Crippen LogP contribution >= 0.6 is 0 Å². The summed E-state index contributed by atoms with van der Waals surface area (Å²) >= 11 is 0. The molecule has 3 rings (SSSR count). The number of fused-ring (bicyclic) bond motifs is 1. The van der Waals surface area contributed by atoms with Gasteiger partial charge < -0.3 is 10.6 Å². The van der Waals surface area contributed by atoms with E-state index >= 15 is 0 Å². The van der Waals surface area contributed by atoms with Gasteiger partial charge >= 0.3 is 0 Å². The first kappa shape index (κ1) is 13.2. The summed E-state index contributed by atoms with van der Waals surface area (Å²) in [5.74, 6) is 0. The molecule has 0 aliphatic carbocycles. The van der Waals surface area contributed by atoms with E-state index in [0.29, 0.717) is 0 Å². The van der Waals surface area contributed by atoms with Crippen molar-refractivity contribution in [2.75, 3.05) is 11.4 Å². The van der Waals surface area contributed by atoms with Gasteiger partial charge in [0.1, 0.15) is 0 Å². The van der Waals surface area contributed by atoms with Crippen LogP contribution in [0.1, 0.15) is 30.5 Å². The topological polar surface area (TPSA) is 29.3 Å². The maximum atomic E-state index is 6.31. The fourth-order valence-corrected chi connectivity index (χ4v) is 3.27. The summed E-state index contributed by atoms with van der Waals surface area (Å²) < 4.78 is 0. The highest BCUT2D eigenvalue weighted by Crippen LogP contribution is 2.35. The minimum atomic E-state index is 0.101. The predicted octanol–water partition coefficient (Wildman–Crippen LogP) is 3.53. The number of aryl methyl sites for hydroxylation is 1. The molecule has 0 spiro atoms. The SMILES string of the molecule is CC(N)C(c1ccccc1)N1CCCc2ccccc21. The van der Waals surface area contributed by atoms with Gasteiger partial charge in [-0.1, -0.05) is 48.5 Å². The van der Waals surface area contributed by atoms with E-state index in [1.54, 1.807) is 0 Å². The lowest BCUT2D eigenvalue weighted by atomic mass is 9.94. The molecule has 0 fully saturated rings. The maximum absolute atomic E-state index is 6.31. The molecule has 0 amide bonds. The highest BCUT2D eigenvalue weighted by Gasteiger charge is 2.27. The molecule has 0 saturated carbocycles. The predicted molar refractivity (Wildman–Crippen MR) is 84.9 cm³/mol. The monoisotopic (exact) mass is 266 g/mol. The Labute approximate surface area is 121 Å². The Morgan fingerprint density at radius 3 is 2.45 bits per heavy atom. The standard InChI is InChI=1S/C18H22N2/c1-14(19)18(16-9-3-2-4-10-16)20-13-7-11-15-8-5-6-12-17(15)20/h2-6,8-10,12,14,18H,7,11,13,19H2,1H3. The number of hydrogen-bond acceptors (Lipinski definition) is 2. The summed E-state index contributed by atoms with van der Waals surface area (Å²) in [5.41, 5.74) is 10.4. The normalized spacial score (nSPS) is 17.4. The zero-order valence-corrected chi connectivity index (χ0v) is 12.0. The van der Waals surface area contributed by atoms with Crippen molar-refractivity contribution in [2.24, 2.45) is 5.73 Å². The summed E-state index contributed by atoms with van der Waals surface area (Å²) in [5, 5.41) is 0. The summed E-state index contributed by atoms with van der Waals surface area (Å²) in [6.45, 7) is 3.19. The fourth-order valence-electron chi connectivity index (χ4n) is 3.27. The third kappa shape index (κ3) is 2.44. The Balaban J connectivity index is 2.02. The van der Waals surface area contributed by atoms with Crippen molar-refractivity contribution in [3.63, 3.8) is 0 Å². The second-order valence-electron chi connectivity index (χ2n) is 5.64. The minimum Gasteiger partial charge on any atom is -0.363 e. The zero-order chi connectivity index (χ0) is 13.9. The lowest BCUT2D eigenvalue weighted by Crippen LogP contribution is -2.42. The van der Waals surface area contributed by atoms with E-state index in [1.807, 2.05) is 0 Å². The molecule has 2 heteroatoms. The van der Waals surface area contributed by atoms with Crippen LogP contribution in [-0.2, 0) is 6.42 Å². The van der Waals surface area contributed by atoms with Gasteiger partial charge in [-0.15, -0.1) is 0 Å². The van der Waals surface area contributed by atoms with Crippen LogP contribution in [0.15, 0.2) is 54.6 Å². The van der Waals surface area contributed by atoms with E-state index in [2.05, 4.69) is 66.4 Å². The van der Waals surface area contributed by atoms with Gasteiger partial charge in [-0.05, 0) is 37.0 Å². The second kappa shape index (κ2) is 5.68. The van der Waals surface area contributed by atoms with Crippen LogP contribution in [0.3, 0.4) is 0 Å². The van der Waals surface area contributed by atoms with Gasteiger partial charge in [-0.2, -0.15) is 0 Å². The van der Waals surface area contributed by atoms with E-state index in [1.165, 1.54) is 29.7 Å². The number of nitrogens with two attached hydrogens (primary N) is 1. The Morgan fingerprint density at radius 2 is 1.70 bits per heavy atom. The average molecular weight is 266 g/mol. The van der Waals surface area contributed by atoms with Gasteiger partial charge in [0.15, 0.2) is 0 Å². The molecule has 0 bridgehead atoms. The van der Waals surface area contributed by atoms with Gasteiger partial charge in [0.25, 0.3) is 0 Å². The molecule has 1 aliphatic rings. The van der Waals surface area contributed by atoms with E-state index in [-0.39, 0.29) is 12.1 Å². The Bertz CT molecular complexity index is 563. The van der Waals surface area contributed by atoms with Crippen molar-refractivity contribution < 1.29 is 0 Å². The van der Waals surface area contributed by atoms with Crippen LogP contribution in [0.2, 0.25) is 0 Å². The molecular weight excluding hydrogens is 244 g/mol. The first-order chi connectivity index (χ1) is 9.77. The van der Waals surface area contributed by atoms with Crippen molar-refractivity contribution in [1.29, 1.82) is 0 Å². The van der Waals surface area contributed by atoms with Crippen molar-refractivity contribution in [3.05, 3.63) is 65.7 Å². The fraction of sp³-hybridized carbons (Fsp3) is 0.333. The Morgan fingerprint density at radius 1 is 1.00 bits per heavy atom. The highest BCUT2D eigenvalue weighted by molar-refractivity contribution is 5.57. The van der Waals surface area contributed by atoms with Crippen LogP contribution in [-0.4, -0.2) is 12.6 Å². The van der Waals surface area contributed by atoms with Crippen molar-refractivity contribution in [1.82, 2.24) is 0 Å². The van der Waals surface area contributed by atoms with Crippen LogP contribution in [0.25, 0.3) is 0 Å². The number of anilines is 1. The second-order valence-corrected chi connectivity index (χ2v) is 5.64. The molecule has 2 aromatic carbocycles. The van der Waals surface area contributed by atoms with Gasteiger partial charge in [-0.25, -0.2) is 0 Å². The minimum absolute atomic E-state index is 0.101. The third-order valence-electron chi connectivity index (χ3n) is 4.12. The molecule has 2 atom stereocenters. The lowest BCUT2D eigenvalue weighted by Gasteiger charge is -2.40. The molecule has 1 heterocycles. The molecule has 2 unspecified atom stereocenters. The molecule has 104 valence electrons. The van der Waals surface area contributed by atoms with Gasteiger partial charge in [0.05, 0.1) is 6.04 Å². The summed E-state index contributed by atoms with van der Waals surface area (Å²) in [4.78, 5) is 2.48. The van der Waals surface area contributed by atoms with Crippen LogP contribution in [0.5, 0.6) is 0 Å². The molecule has 2 nitrogen and oxygen atoms in total. The van der Waals surface area contributed by atoms with Crippen LogP contribution in [0.4, 0.5) is 5.69 Å². The molecule has 0 aromatic heterocycles. The number of benzene rings is 2. The molecule has 0 saturated heterocycles. The number of nitrogens with zero attached hydrogens (tertiary/aromatic N) is 1. The molecule has 2 N–H and O–H groups in total. The van der Waals surface area contributed by atoms with Crippen molar-refractivity contribution in [3.8, 4) is 0 Å². The average Bonchev–Trinajstić information content (AvgIpc) is 2.48. The first-order valence-corrected chi connectivity index (χ1v) is 7.42. The molecule has 20 heavy (non-hydrogen) atoms. The largest absolute Gasteiger partial charge is 0.363 e. The van der Waals surface area contributed by atoms with Crippen LogP contribution < -0.4 is 10.6 Å². The van der Waals surface area contributed by atoms with Crippen molar-refractivity contribution in [2.45, 2.75) is 31.8 Å². The first-order valence-electron chi connectivity index (χ1n) is 7.42. The number of rotatable bonds is 3. The Hall–Kier alpha value is -1.80. The molecule has 1 aliphatic heterocycles. The maximum Gasteiger partial charge on any atom is 0.0690 e. The van der Waals surface area contributed by atoms with E-state index in [0.717, 1.165) is 6.54 Å². The summed E-state index contributed by atoms with van der Waals surface area (Å²) in [6.07, 6.45) is 2.38. The van der Waals surface area contributed by atoms with E-state index < -0.39 is 0 Å². The zero-order valence-electron chi connectivity index (χ0n) is 12.0. The highest BCUT2D eigenvalue weighted by atomic mass is 15.2. The van der Waals surface area contributed by atoms with Gasteiger partial charge in [0, 0.05) is 18.3 Å². The quantitative estimate of drug-likeness (QED) is 0.921.